The number of halogens is 1. The summed E-state index contributed by atoms with van der Waals surface area (Å²) in [5, 5.41) is 1.50. The largest absolute Gasteiger partial charge is 0.396 e. The Kier molecular flexibility index (Phi) is 3.73. The summed E-state index contributed by atoms with van der Waals surface area (Å²) in [5.74, 6) is -0.963. The molecule has 3 N–H and O–H groups in total. The van der Waals surface area contributed by atoms with Crippen LogP contribution in [0.3, 0.4) is 0 Å². The van der Waals surface area contributed by atoms with Crippen molar-refractivity contribution >= 4 is 38.0 Å². The van der Waals surface area contributed by atoms with E-state index in [2.05, 4.69) is 9.71 Å². The number of anilines is 2. The van der Waals surface area contributed by atoms with Crippen LogP contribution in [0.25, 0.3) is 0 Å². The first-order valence-corrected chi connectivity index (χ1v) is 7.70. The van der Waals surface area contributed by atoms with Gasteiger partial charge in [0.1, 0.15) is 11.5 Å². The molecule has 0 saturated carbocycles. The van der Waals surface area contributed by atoms with E-state index >= 15 is 0 Å². The summed E-state index contributed by atoms with van der Waals surface area (Å²) in [6.45, 7) is 1.33. The number of carbonyl (C=O) groups excluding carboxylic acids is 1. The van der Waals surface area contributed by atoms with E-state index in [4.69, 9.17) is 5.73 Å². The topological polar surface area (TPSA) is 102 Å². The standard InChI is InChI=1S/C11H10FN3O3S2/c1-6(16)10-5-19-11(14-10)15-20(17,18)7-2-3-8(12)9(13)4-7/h2-5H,13H2,1H3,(H,14,15). The second-order valence-corrected chi connectivity index (χ2v) is 6.42. The minimum Gasteiger partial charge on any atom is -0.396 e. The third kappa shape index (κ3) is 2.94. The Balaban J connectivity index is 2.30. The van der Waals surface area contributed by atoms with Crippen molar-refractivity contribution in [2.45, 2.75) is 11.8 Å². The molecule has 106 valence electrons. The molecule has 1 heterocycles. The second-order valence-electron chi connectivity index (χ2n) is 3.88. The molecule has 6 nitrogen and oxygen atoms in total. The van der Waals surface area contributed by atoms with Crippen molar-refractivity contribution in [3.63, 3.8) is 0 Å². The lowest BCUT2D eigenvalue weighted by atomic mass is 10.3. The highest BCUT2D eigenvalue weighted by Gasteiger charge is 2.18. The summed E-state index contributed by atoms with van der Waals surface area (Å²) >= 11 is 0.979. The van der Waals surface area contributed by atoms with Crippen LogP contribution in [-0.4, -0.2) is 19.2 Å². The molecule has 0 aliphatic carbocycles. The van der Waals surface area contributed by atoms with Crippen LogP contribution >= 0.6 is 11.3 Å². The quantitative estimate of drug-likeness (QED) is 0.662. The van der Waals surface area contributed by atoms with Gasteiger partial charge in [-0.1, -0.05) is 0 Å². The van der Waals surface area contributed by atoms with Crippen LogP contribution in [0.15, 0.2) is 28.5 Å². The lowest BCUT2D eigenvalue weighted by Crippen LogP contribution is -2.13. The van der Waals surface area contributed by atoms with Crippen molar-refractivity contribution in [1.29, 1.82) is 0 Å². The zero-order valence-electron chi connectivity index (χ0n) is 10.3. The number of aromatic nitrogens is 1. The maximum atomic E-state index is 13.0. The van der Waals surface area contributed by atoms with E-state index < -0.39 is 15.8 Å². The number of nitrogen functional groups attached to an aromatic ring is 1. The molecule has 0 atom stereocenters. The van der Waals surface area contributed by atoms with Gasteiger partial charge in [-0.25, -0.2) is 17.8 Å². The van der Waals surface area contributed by atoms with E-state index in [1.165, 1.54) is 12.3 Å². The minimum atomic E-state index is -3.93. The van der Waals surface area contributed by atoms with E-state index in [0.717, 1.165) is 29.5 Å². The third-order valence-corrected chi connectivity index (χ3v) is 4.59. The van der Waals surface area contributed by atoms with Crippen LogP contribution in [-0.2, 0) is 10.0 Å². The number of hydrogen-bond donors (Lipinski definition) is 2. The molecule has 0 amide bonds. The Bertz CT molecular complexity index is 771. The monoisotopic (exact) mass is 315 g/mol. The number of rotatable bonds is 4. The maximum Gasteiger partial charge on any atom is 0.263 e. The fourth-order valence-corrected chi connectivity index (χ4v) is 3.38. The maximum absolute atomic E-state index is 13.0. The molecule has 20 heavy (non-hydrogen) atoms. The summed E-state index contributed by atoms with van der Waals surface area (Å²) in [6.07, 6.45) is 0. The van der Waals surface area contributed by atoms with Crippen LogP contribution in [0.1, 0.15) is 17.4 Å². The van der Waals surface area contributed by atoms with Gasteiger partial charge in [0.2, 0.25) is 0 Å². The summed E-state index contributed by atoms with van der Waals surface area (Å²) in [7, 11) is -3.93. The van der Waals surface area contributed by atoms with Gasteiger partial charge in [-0.05, 0) is 18.2 Å². The number of nitrogens with zero attached hydrogens (tertiary/aromatic N) is 1. The summed E-state index contributed by atoms with van der Waals surface area (Å²) in [4.78, 5) is 14.7. The first-order valence-electron chi connectivity index (χ1n) is 5.34. The number of hydrogen-bond acceptors (Lipinski definition) is 6. The van der Waals surface area contributed by atoms with Gasteiger partial charge in [0, 0.05) is 12.3 Å². The van der Waals surface area contributed by atoms with Crippen molar-refractivity contribution in [3.8, 4) is 0 Å². The Morgan fingerprint density at radius 1 is 1.45 bits per heavy atom. The molecule has 0 unspecified atom stereocenters. The number of sulfonamides is 1. The zero-order valence-corrected chi connectivity index (χ0v) is 11.9. The Morgan fingerprint density at radius 3 is 2.70 bits per heavy atom. The molecule has 1 aromatic carbocycles. The first-order chi connectivity index (χ1) is 9.29. The van der Waals surface area contributed by atoms with Gasteiger partial charge < -0.3 is 5.73 Å². The number of carbonyl (C=O) groups is 1. The molecule has 0 radical (unpaired) electrons. The lowest BCUT2D eigenvalue weighted by Gasteiger charge is -2.06. The molecule has 0 aliphatic rings. The molecule has 0 fully saturated rings. The molecule has 0 saturated heterocycles. The average molecular weight is 315 g/mol. The first kappa shape index (κ1) is 14.4. The molecule has 9 heteroatoms. The number of thiazole rings is 1. The highest BCUT2D eigenvalue weighted by Crippen LogP contribution is 2.22. The van der Waals surface area contributed by atoms with Crippen LogP contribution in [0.5, 0.6) is 0 Å². The highest BCUT2D eigenvalue weighted by atomic mass is 32.2. The molecule has 0 bridgehead atoms. The third-order valence-electron chi connectivity index (χ3n) is 2.36. The zero-order chi connectivity index (χ0) is 14.9. The van der Waals surface area contributed by atoms with E-state index in [0.29, 0.717) is 0 Å². The predicted octanol–water partition coefficient (Wildman–Crippen LogP) is 1.87. The molecule has 2 rings (SSSR count). The van der Waals surface area contributed by atoms with Gasteiger partial charge in [0.25, 0.3) is 10.0 Å². The second kappa shape index (κ2) is 5.17. The number of benzene rings is 1. The van der Waals surface area contributed by atoms with Gasteiger partial charge in [0.05, 0.1) is 10.6 Å². The number of ketones is 1. The number of nitrogens with two attached hydrogens (primary N) is 1. The van der Waals surface area contributed by atoms with Crippen LogP contribution in [0.2, 0.25) is 0 Å². The molecule has 1 aromatic heterocycles. The molecule has 0 aliphatic heterocycles. The average Bonchev–Trinajstić information content (AvgIpc) is 2.80. The Hall–Kier alpha value is -2.00. The smallest absolute Gasteiger partial charge is 0.263 e. The molecule has 0 spiro atoms. The van der Waals surface area contributed by atoms with Gasteiger partial charge in [0.15, 0.2) is 10.9 Å². The predicted molar refractivity (Wildman–Crippen MR) is 73.7 cm³/mol. The van der Waals surface area contributed by atoms with Gasteiger partial charge in [-0.2, -0.15) is 0 Å². The summed E-state index contributed by atoms with van der Waals surface area (Å²) < 4.78 is 39.3. The van der Waals surface area contributed by atoms with Crippen LogP contribution in [0.4, 0.5) is 15.2 Å². The number of Topliss-reactive ketones (excluding diaryl/α,β-unsaturated/α-hetero) is 1. The minimum absolute atomic E-state index is 0.0538. The fourth-order valence-electron chi connectivity index (χ4n) is 1.35. The summed E-state index contributed by atoms with van der Waals surface area (Å²) in [5.41, 5.74) is 5.23. The van der Waals surface area contributed by atoms with Crippen molar-refractivity contribution in [2.75, 3.05) is 10.5 Å². The Labute approximate surface area is 118 Å². The van der Waals surface area contributed by atoms with Crippen LogP contribution in [0, 0.1) is 5.82 Å². The Morgan fingerprint density at radius 2 is 2.15 bits per heavy atom. The summed E-state index contributed by atoms with van der Waals surface area (Å²) in [6, 6.07) is 3.07. The fraction of sp³-hybridized carbons (Fsp3) is 0.0909. The van der Waals surface area contributed by atoms with Crippen LogP contribution < -0.4 is 10.5 Å². The van der Waals surface area contributed by atoms with Crippen molar-refractivity contribution in [1.82, 2.24) is 4.98 Å². The molecular formula is C11H10FN3O3S2. The molecular weight excluding hydrogens is 305 g/mol. The van der Waals surface area contributed by atoms with E-state index in [1.807, 2.05) is 0 Å². The SMILES string of the molecule is CC(=O)c1csc(NS(=O)(=O)c2ccc(F)c(N)c2)n1. The van der Waals surface area contributed by atoms with Crippen molar-refractivity contribution in [3.05, 3.63) is 35.1 Å². The lowest BCUT2D eigenvalue weighted by molar-refractivity contribution is 0.101. The van der Waals surface area contributed by atoms with E-state index in [1.54, 1.807) is 0 Å². The normalized spacial score (nSPS) is 11.3. The van der Waals surface area contributed by atoms with E-state index in [9.17, 15) is 17.6 Å². The highest BCUT2D eigenvalue weighted by molar-refractivity contribution is 7.93. The van der Waals surface area contributed by atoms with Gasteiger partial charge in [-0.3, -0.25) is 9.52 Å². The van der Waals surface area contributed by atoms with Crippen molar-refractivity contribution in [2.24, 2.45) is 0 Å². The van der Waals surface area contributed by atoms with Crippen molar-refractivity contribution < 1.29 is 17.6 Å². The number of nitrogens with one attached hydrogen (secondary N) is 1. The molecule has 2 aromatic rings. The van der Waals surface area contributed by atoms with Gasteiger partial charge >= 0.3 is 0 Å². The van der Waals surface area contributed by atoms with E-state index in [-0.39, 0.29) is 27.2 Å². The van der Waals surface area contributed by atoms with Gasteiger partial charge in [-0.15, -0.1) is 11.3 Å².